The van der Waals surface area contributed by atoms with E-state index in [9.17, 15) is 9.59 Å². The topological polar surface area (TPSA) is 62.2 Å². The van der Waals surface area contributed by atoms with Crippen LogP contribution in [0.25, 0.3) is 0 Å². The van der Waals surface area contributed by atoms with Crippen molar-refractivity contribution < 1.29 is 14.3 Å². The highest BCUT2D eigenvalue weighted by atomic mass is 79.9. The van der Waals surface area contributed by atoms with Gasteiger partial charge in [-0.3, -0.25) is 4.79 Å². The maximum Gasteiger partial charge on any atom is 0.346 e. The third kappa shape index (κ3) is 3.16. The molecule has 0 saturated carbocycles. The fourth-order valence-electron chi connectivity index (χ4n) is 2.59. The summed E-state index contributed by atoms with van der Waals surface area (Å²) in [5.41, 5.74) is 1.62. The van der Waals surface area contributed by atoms with Gasteiger partial charge in [-0.2, -0.15) is 5.10 Å². The first-order chi connectivity index (χ1) is 12.3. The van der Waals surface area contributed by atoms with Crippen LogP contribution >= 0.6 is 39.5 Å². The van der Waals surface area contributed by atoms with Crippen LogP contribution in [-0.4, -0.2) is 39.7 Å². The monoisotopic (exact) mass is 455 g/mol. The number of hydrazone groups is 1. The van der Waals surface area contributed by atoms with Crippen LogP contribution < -0.4 is 5.01 Å². The molecule has 26 heavy (non-hydrogen) atoms. The number of hydrogen-bond acceptors (Lipinski definition) is 8. The van der Waals surface area contributed by atoms with E-state index in [4.69, 9.17) is 4.74 Å². The number of rotatable bonds is 4. The second-order valence-electron chi connectivity index (χ2n) is 5.70. The Morgan fingerprint density at radius 2 is 1.92 bits per heavy atom. The molecule has 0 aliphatic carbocycles. The van der Waals surface area contributed by atoms with Crippen LogP contribution in [0, 0.1) is 0 Å². The molecule has 0 aromatic heterocycles. The molecule has 3 rings (SSSR count). The Bertz CT molecular complexity index is 825. The van der Waals surface area contributed by atoms with E-state index in [-0.39, 0.29) is 11.8 Å². The first-order valence-electron chi connectivity index (χ1n) is 7.95. The Morgan fingerprint density at radius 3 is 2.50 bits per heavy atom. The van der Waals surface area contributed by atoms with Crippen molar-refractivity contribution in [2.24, 2.45) is 5.10 Å². The molecule has 1 aromatic rings. The normalized spacial score (nSPS) is 22.3. The number of anilines is 1. The predicted octanol–water partition coefficient (Wildman–Crippen LogP) is 3.99. The van der Waals surface area contributed by atoms with Crippen molar-refractivity contribution in [3.63, 3.8) is 0 Å². The third-order valence-corrected chi connectivity index (χ3v) is 7.69. The lowest BCUT2D eigenvalue weighted by atomic mass is 10.3. The highest BCUT2D eigenvalue weighted by Gasteiger charge is 2.56. The van der Waals surface area contributed by atoms with Gasteiger partial charge in [0.2, 0.25) is 4.33 Å². The van der Waals surface area contributed by atoms with Gasteiger partial charge in [-0.25, -0.2) is 9.80 Å². The summed E-state index contributed by atoms with van der Waals surface area (Å²) in [5.74, 6) is -0.461. The van der Waals surface area contributed by atoms with Crippen molar-refractivity contribution in [2.75, 3.05) is 18.7 Å². The number of thioether (sulfide) groups is 2. The van der Waals surface area contributed by atoms with Crippen LogP contribution in [0.15, 0.2) is 44.4 Å². The van der Waals surface area contributed by atoms with Crippen molar-refractivity contribution >= 4 is 61.9 Å². The predicted molar refractivity (Wildman–Crippen MR) is 110 cm³/mol. The van der Waals surface area contributed by atoms with E-state index in [1.54, 1.807) is 11.9 Å². The lowest BCUT2D eigenvalue weighted by Crippen LogP contribution is -2.47. The van der Waals surface area contributed by atoms with Gasteiger partial charge < -0.3 is 9.64 Å². The Morgan fingerprint density at radius 1 is 1.27 bits per heavy atom. The molecule has 1 spiro atoms. The Kier molecular flexibility index (Phi) is 5.41. The van der Waals surface area contributed by atoms with Crippen LogP contribution in [-0.2, 0) is 14.3 Å². The number of halogens is 1. The summed E-state index contributed by atoms with van der Waals surface area (Å²) in [6.45, 7) is 5.46. The van der Waals surface area contributed by atoms with Gasteiger partial charge in [-0.05, 0) is 49.9 Å². The molecule has 0 bridgehead atoms. The number of carbonyl (C=O) groups is 2. The quantitative estimate of drug-likeness (QED) is 0.635. The highest BCUT2D eigenvalue weighted by Crippen LogP contribution is 2.58. The van der Waals surface area contributed by atoms with Gasteiger partial charge in [0.15, 0.2) is 10.8 Å². The lowest BCUT2D eigenvalue weighted by molar-refractivity contribution is -0.137. The highest BCUT2D eigenvalue weighted by molar-refractivity contribution is 9.10. The molecule has 9 heteroatoms. The first-order valence-corrected chi connectivity index (χ1v) is 10.4. The van der Waals surface area contributed by atoms with Gasteiger partial charge >= 0.3 is 5.97 Å². The van der Waals surface area contributed by atoms with Gasteiger partial charge in [0.25, 0.3) is 0 Å². The van der Waals surface area contributed by atoms with Crippen molar-refractivity contribution in [3.05, 3.63) is 39.3 Å². The molecule has 6 nitrogen and oxygen atoms in total. The average molecular weight is 456 g/mol. The van der Waals surface area contributed by atoms with E-state index in [0.717, 1.165) is 15.9 Å². The lowest BCUT2D eigenvalue weighted by Gasteiger charge is -2.39. The van der Waals surface area contributed by atoms with Crippen LogP contribution in [0.5, 0.6) is 0 Å². The zero-order valence-corrected chi connectivity index (χ0v) is 18.0. The smallest absolute Gasteiger partial charge is 0.346 e. The minimum atomic E-state index is -0.777. The number of allylic oxidation sites excluding steroid dienone is 1. The third-order valence-electron chi connectivity index (χ3n) is 4.01. The Balaban J connectivity index is 2.03. The molecule has 2 aliphatic rings. The van der Waals surface area contributed by atoms with E-state index < -0.39 is 4.33 Å². The minimum absolute atomic E-state index is 0.106. The second kappa shape index (κ2) is 7.28. The molecule has 0 saturated heterocycles. The Hall–Kier alpha value is -1.45. The fraction of sp³-hybridized carbons (Fsp3) is 0.353. The number of ether oxygens (including phenoxy) is 1. The van der Waals surface area contributed by atoms with E-state index in [0.29, 0.717) is 16.6 Å². The van der Waals surface area contributed by atoms with Crippen molar-refractivity contribution in [2.45, 2.75) is 25.1 Å². The van der Waals surface area contributed by atoms with Gasteiger partial charge in [0.1, 0.15) is 4.91 Å². The standard InChI is InChI=1S/C17H18BrN3O3S2/c1-5-24-16(23)14-10(2)20(4)17(25-14)21(19-15(26-17)11(3)22)13-8-6-12(18)7-9-13/h6-9H,5H2,1-4H3/t17-/m1/s1. The van der Waals surface area contributed by atoms with E-state index >= 15 is 0 Å². The molecule has 2 heterocycles. The van der Waals surface area contributed by atoms with Crippen LogP contribution in [0.3, 0.4) is 0 Å². The molecule has 1 atom stereocenters. The summed E-state index contributed by atoms with van der Waals surface area (Å²) < 4.78 is 5.37. The van der Waals surface area contributed by atoms with Crippen molar-refractivity contribution in [3.8, 4) is 0 Å². The number of hydrogen-bond donors (Lipinski definition) is 0. The minimum Gasteiger partial charge on any atom is -0.462 e. The SMILES string of the molecule is CCOC(=O)C1=C(C)N(C)[C@]2(SC(C(C)=O)=NN2c2ccc(Br)cc2)S1. The molecule has 138 valence electrons. The van der Waals surface area contributed by atoms with E-state index in [2.05, 4.69) is 21.0 Å². The summed E-state index contributed by atoms with van der Waals surface area (Å²) in [6.07, 6.45) is 0. The molecule has 0 N–H and O–H groups in total. The number of ketones is 1. The zero-order chi connectivity index (χ0) is 19.1. The summed E-state index contributed by atoms with van der Waals surface area (Å²) in [5, 5.41) is 6.75. The molecule has 2 aliphatic heterocycles. The summed E-state index contributed by atoms with van der Waals surface area (Å²) >= 11 is 6.13. The van der Waals surface area contributed by atoms with Gasteiger partial charge in [0, 0.05) is 24.1 Å². The van der Waals surface area contributed by atoms with Crippen LogP contribution in [0.4, 0.5) is 5.69 Å². The van der Waals surface area contributed by atoms with E-state index in [1.807, 2.05) is 43.1 Å². The van der Waals surface area contributed by atoms with Crippen molar-refractivity contribution in [1.82, 2.24) is 4.90 Å². The first kappa shape index (κ1) is 19.3. The maximum atomic E-state index is 12.4. The summed E-state index contributed by atoms with van der Waals surface area (Å²) in [4.78, 5) is 26.9. The van der Waals surface area contributed by atoms with Gasteiger partial charge in [0.05, 0.1) is 12.3 Å². The molecular formula is C17H18BrN3O3S2. The molecule has 1 aromatic carbocycles. The van der Waals surface area contributed by atoms with Crippen molar-refractivity contribution in [1.29, 1.82) is 0 Å². The molecule has 0 radical (unpaired) electrons. The molecular weight excluding hydrogens is 438 g/mol. The number of benzene rings is 1. The zero-order valence-electron chi connectivity index (χ0n) is 14.8. The average Bonchev–Trinajstić information content (AvgIpc) is 3.11. The number of esters is 1. The van der Waals surface area contributed by atoms with Gasteiger partial charge in [-0.1, -0.05) is 27.7 Å². The molecule has 0 amide bonds. The fourth-order valence-corrected chi connectivity index (χ4v) is 5.73. The summed E-state index contributed by atoms with van der Waals surface area (Å²) in [7, 11) is 1.89. The van der Waals surface area contributed by atoms with Crippen LogP contribution in [0.1, 0.15) is 20.8 Å². The number of Topliss-reactive ketones (excluding diaryl/α,β-unsaturated/α-hetero) is 1. The summed E-state index contributed by atoms with van der Waals surface area (Å²) in [6, 6.07) is 7.68. The Labute approximate surface area is 169 Å². The number of carbonyl (C=O) groups excluding carboxylic acids is 2. The van der Waals surface area contributed by atoms with Crippen LogP contribution in [0.2, 0.25) is 0 Å². The number of nitrogens with zero attached hydrogens (tertiary/aromatic N) is 3. The second-order valence-corrected chi connectivity index (χ2v) is 9.21. The van der Waals surface area contributed by atoms with Gasteiger partial charge in [-0.15, -0.1) is 0 Å². The largest absolute Gasteiger partial charge is 0.462 e. The van der Waals surface area contributed by atoms with E-state index in [1.165, 1.54) is 30.4 Å². The molecule has 0 unspecified atom stereocenters. The maximum absolute atomic E-state index is 12.4. The molecule has 0 fully saturated rings.